The average molecular weight is 497 g/mol. The van der Waals surface area contributed by atoms with Crippen LogP contribution in [-0.4, -0.2) is 10.7 Å². The van der Waals surface area contributed by atoms with Gasteiger partial charge < -0.3 is 5.11 Å². The molecule has 34 heavy (non-hydrogen) atoms. The molecule has 1 nitrogen and oxygen atoms in total. The van der Waals surface area contributed by atoms with Crippen LogP contribution in [0, 0.1) is 17.8 Å². The topological polar surface area (TPSA) is 20.2 Å². The molecule has 0 saturated heterocycles. The highest BCUT2D eigenvalue weighted by Crippen LogP contribution is 2.40. The maximum absolute atomic E-state index is 13.2. The predicted molar refractivity (Wildman–Crippen MR) is 125 cm³/mol. The molecule has 1 unspecified atom stereocenters. The summed E-state index contributed by atoms with van der Waals surface area (Å²) in [5.41, 5.74) is -3.46. The third-order valence-corrected chi connectivity index (χ3v) is 7.08. The van der Waals surface area contributed by atoms with Crippen LogP contribution >= 0.6 is 0 Å². The monoisotopic (exact) mass is 496 g/mol. The fourth-order valence-electron chi connectivity index (χ4n) is 5.10. The number of alkyl halides is 6. The molecule has 1 aromatic carbocycles. The van der Waals surface area contributed by atoms with Gasteiger partial charge in [-0.05, 0) is 67.2 Å². The second kappa shape index (κ2) is 13.2. The molecule has 1 aromatic rings. The third kappa shape index (κ3) is 9.09. The number of hydrogen-bond donors (Lipinski definition) is 1. The van der Waals surface area contributed by atoms with E-state index in [9.17, 15) is 31.4 Å². The Kier molecular flexibility index (Phi) is 11.9. The number of benzene rings is 1. The summed E-state index contributed by atoms with van der Waals surface area (Å²) in [5.74, 6) is -0.0856. The number of halogens is 6. The zero-order valence-corrected chi connectivity index (χ0v) is 21.3. The van der Waals surface area contributed by atoms with Gasteiger partial charge in [0.25, 0.3) is 0 Å². The van der Waals surface area contributed by atoms with E-state index in [-0.39, 0.29) is 35.8 Å². The fourth-order valence-corrected chi connectivity index (χ4v) is 5.10. The van der Waals surface area contributed by atoms with Crippen molar-refractivity contribution in [3.8, 4) is 0 Å². The van der Waals surface area contributed by atoms with Gasteiger partial charge in [-0.1, -0.05) is 73.1 Å². The summed E-state index contributed by atoms with van der Waals surface area (Å²) < 4.78 is 79.0. The van der Waals surface area contributed by atoms with Gasteiger partial charge in [0.05, 0.1) is 16.7 Å². The van der Waals surface area contributed by atoms with Gasteiger partial charge in [-0.15, -0.1) is 0 Å². The van der Waals surface area contributed by atoms with Crippen LogP contribution in [0.3, 0.4) is 0 Å². The Morgan fingerprint density at radius 1 is 0.676 bits per heavy atom. The Bertz CT molecular complexity index is 681. The Hall–Kier alpha value is -1.24. The minimum absolute atomic E-state index is 0.0111. The fraction of sp³-hybridized carbons (Fsp3) is 0.778. The molecule has 0 aromatic heterocycles. The molecule has 0 aliphatic carbocycles. The van der Waals surface area contributed by atoms with Crippen molar-refractivity contribution in [3.05, 3.63) is 34.9 Å². The molecule has 0 amide bonds. The van der Waals surface area contributed by atoms with E-state index < -0.39 is 29.1 Å². The van der Waals surface area contributed by atoms with E-state index in [1.54, 1.807) is 0 Å². The summed E-state index contributed by atoms with van der Waals surface area (Å²) in [6.45, 7) is 10.0. The minimum Gasteiger partial charge on any atom is -0.389 e. The van der Waals surface area contributed by atoms with Crippen molar-refractivity contribution in [2.75, 3.05) is 0 Å². The summed E-state index contributed by atoms with van der Waals surface area (Å²) in [6, 6.07) is 1.80. The number of rotatable bonds is 14. The molecule has 1 rings (SSSR count). The summed E-state index contributed by atoms with van der Waals surface area (Å²) in [7, 11) is 0. The first-order chi connectivity index (χ1) is 15.6. The Morgan fingerprint density at radius 3 is 1.56 bits per heavy atom. The molecule has 198 valence electrons. The highest BCUT2D eigenvalue weighted by atomic mass is 19.4. The number of hydrogen-bond acceptors (Lipinski definition) is 1. The lowest BCUT2D eigenvalue weighted by Crippen LogP contribution is -2.47. The van der Waals surface area contributed by atoms with Gasteiger partial charge in [0.1, 0.15) is 0 Å². The van der Waals surface area contributed by atoms with Crippen LogP contribution in [0.5, 0.6) is 0 Å². The maximum Gasteiger partial charge on any atom is 0.416 e. The Morgan fingerprint density at radius 2 is 1.12 bits per heavy atom. The molecule has 0 aliphatic heterocycles. The SMILES string of the molecule is CCCCCCCCC(CCCc1cc(C(F)(F)F)cc(C(F)(F)F)c1)C(O)(C(C)C)C(C)C. The molecule has 0 aliphatic rings. The largest absolute Gasteiger partial charge is 0.416 e. The number of unbranched alkanes of at least 4 members (excludes halogenated alkanes) is 5. The van der Waals surface area contributed by atoms with Gasteiger partial charge in [0.15, 0.2) is 0 Å². The lowest BCUT2D eigenvalue weighted by Gasteiger charge is -2.43. The predicted octanol–water partition coefficient (Wildman–Crippen LogP) is 9.46. The van der Waals surface area contributed by atoms with Gasteiger partial charge in [-0.25, -0.2) is 0 Å². The van der Waals surface area contributed by atoms with Crippen LogP contribution in [0.1, 0.15) is 109 Å². The zero-order valence-electron chi connectivity index (χ0n) is 21.3. The summed E-state index contributed by atoms with van der Waals surface area (Å²) >= 11 is 0. The summed E-state index contributed by atoms with van der Waals surface area (Å²) in [4.78, 5) is 0. The van der Waals surface area contributed by atoms with Crippen molar-refractivity contribution >= 4 is 0 Å². The minimum atomic E-state index is -4.84. The van der Waals surface area contributed by atoms with Crippen molar-refractivity contribution < 1.29 is 31.4 Å². The second-order valence-corrected chi connectivity index (χ2v) is 10.3. The van der Waals surface area contributed by atoms with Gasteiger partial charge >= 0.3 is 12.4 Å². The molecule has 0 saturated carbocycles. The van der Waals surface area contributed by atoms with Gasteiger partial charge in [0.2, 0.25) is 0 Å². The Labute approximate surface area is 201 Å². The molecule has 7 heteroatoms. The molecule has 0 radical (unpaired) electrons. The van der Waals surface area contributed by atoms with E-state index in [1.807, 2.05) is 27.7 Å². The molecule has 0 spiro atoms. The van der Waals surface area contributed by atoms with Gasteiger partial charge in [-0.2, -0.15) is 26.3 Å². The van der Waals surface area contributed by atoms with Crippen LogP contribution in [0.15, 0.2) is 18.2 Å². The van der Waals surface area contributed by atoms with Crippen LogP contribution in [0.4, 0.5) is 26.3 Å². The first kappa shape index (κ1) is 30.8. The molecule has 1 N–H and O–H groups in total. The average Bonchev–Trinajstić information content (AvgIpc) is 2.72. The highest BCUT2D eigenvalue weighted by Gasteiger charge is 2.42. The van der Waals surface area contributed by atoms with E-state index in [0.29, 0.717) is 12.8 Å². The van der Waals surface area contributed by atoms with Crippen LogP contribution in [-0.2, 0) is 18.8 Å². The van der Waals surface area contributed by atoms with E-state index >= 15 is 0 Å². The van der Waals surface area contributed by atoms with Gasteiger partial charge in [0, 0.05) is 0 Å². The van der Waals surface area contributed by atoms with E-state index in [1.165, 1.54) is 12.8 Å². The van der Waals surface area contributed by atoms with E-state index in [2.05, 4.69) is 6.92 Å². The van der Waals surface area contributed by atoms with Crippen molar-refractivity contribution in [2.45, 2.75) is 117 Å². The lowest BCUT2D eigenvalue weighted by molar-refractivity contribution is -0.143. The highest BCUT2D eigenvalue weighted by molar-refractivity contribution is 5.33. The maximum atomic E-state index is 13.2. The molecule has 0 fully saturated rings. The molecular formula is C27H42F6O. The zero-order chi connectivity index (χ0) is 26.2. The van der Waals surface area contributed by atoms with Crippen LogP contribution in [0.25, 0.3) is 0 Å². The summed E-state index contributed by atoms with van der Waals surface area (Å²) in [5, 5.41) is 11.6. The molecular weight excluding hydrogens is 454 g/mol. The van der Waals surface area contributed by atoms with Crippen molar-refractivity contribution in [2.24, 2.45) is 17.8 Å². The van der Waals surface area contributed by atoms with Crippen molar-refractivity contribution in [1.29, 1.82) is 0 Å². The molecule has 0 bridgehead atoms. The van der Waals surface area contributed by atoms with Crippen molar-refractivity contribution in [3.63, 3.8) is 0 Å². The first-order valence-corrected chi connectivity index (χ1v) is 12.6. The van der Waals surface area contributed by atoms with E-state index in [0.717, 1.165) is 44.2 Å². The van der Waals surface area contributed by atoms with Gasteiger partial charge in [-0.3, -0.25) is 0 Å². The lowest BCUT2D eigenvalue weighted by atomic mass is 9.68. The van der Waals surface area contributed by atoms with E-state index in [4.69, 9.17) is 0 Å². The quantitative estimate of drug-likeness (QED) is 0.201. The smallest absolute Gasteiger partial charge is 0.389 e. The molecule has 1 atom stereocenters. The Balaban J connectivity index is 2.99. The second-order valence-electron chi connectivity index (χ2n) is 10.3. The first-order valence-electron chi connectivity index (χ1n) is 12.6. The standard InChI is InChI=1S/C27H42F6O/c1-6-7-8-9-10-11-14-22(25(34,19(2)3)20(4)5)15-12-13-21-16-23(26(28,29)30)18-24(17-21)27(31,32)33/h16-20,22,34H,6-15H2,1-5H3. The molecule has 0 heterocycles. The number of aliphatic hydroxyl groups is 1. The number of aryl methyl sites for hydroxylation is 1. The van der Waals surface area contributed by atoms with Crippen molar-refractivity contribution in [1.82, 2.24) is 0 Å². The normalized spacial score (nSPS) is 14.3. The van der Waals surface area contributed by atoms with Crippen LogP contribution in [0.2, 0.25) is 0 Å². The third-order valence-electron chi connectivity index (χ3n) is 7.08. The summed E-state index contributed by atoms with van der Waals surface area (Å²) in [6.07, 6.45) is -1.12. The van der Waals surface area contributed by atoms with Crippen LogP contribution < -0.4 is 0 Å².